The number of nitrogens with zero attached hydrogens (tertiary/aromatic N) is 4. The molecule has 0 aliphatic carbocycles. The third-order valence-electron chi connectivity index (χ3n) is 3.73. The summed E-state index contributed by atoms with van der Waals surface area (Å²) in [6, 6.07) is 0. The van der Waals surface area contributed by atoms with Crippen LogP contribution in [-0.2, 0) is 10.3 Å². The highest BCUT2D eigenvalue weighted by Crippen LogP contribution is 2.35. The molecule has 5 nitrogen and oxygen atoms in total. The Hall–Kier alpha value is -1.20. The van der Waals surface area contributed by atoms with E-state index in [1.807, 2.05) is 20.8 Å². The normalized spacial score (nSPS) is 24.0. The lowest BCUT2D eigenvalue weighted by atomic mass is 10.0. The first-order chi connectivity index (χ1) is 8.53. The molecule has 96 valence electrons. The van der Waals surface area contributed by atoms with Gasteiger partial charge >= 0.3 is 0 Å². The van der Waals surface area contributed by atoms with Crippen molar-refractivity contribution < 1.29 is 4.74 Å². The first-order valence-corrected chi connectivity index (χ1v) is 6.43. The molecule has 1 fully saturated rings. The summed E-state index contributed by atoms with van der Waals surface area (Å²) in [6.07, 6.45) is 1.96. The van der Waals surface area contributed by atoms with Crippen molar-refractivity contribution in [1.29, 1.82) is 0 Å². The summed E-state index contributed by atoms with van der Waals surface area (Å²) in [7, 11) is 0. The maximum Gasteiger partial charge on any atom is 0.186 e. The van der Waals surface area contributed by atoms with Gasteiger partial charge in [-0.3, -0.25) is 0 Å². The van der Waals surface area contributed by atoms with E-state index in [0.717, 1.165) is 42.0 Å². The predicted molar refractivity (Wildman–Crippen MR) is 67.8 cm³/mol. The second-order valence-electron chi connectivity index (χ2n) is 4.98. The molecule has 6 heteroatoms. The molecule has 1 aliphatic heterocycles. The van der Waals surface area contributed by atoms with Crippen molar-refractivity contribution in [1.82, 2.24) is 19.8 Å². The molecule has 0 bridgehead atoms. The molecule has 0 N–H and O–H groups in total. The highest BCUT2D eigenvalue weighted by molar-refractivity contribution is 6.30. The molecule has 0 saturated carbocycles. The molecule has 1 aliphatic rings. The maximum atomic E-state index is 6.15. The molecule has 2 aromatic rings. The number of aromatic nitrogens is 4. The van der Waals surface area contributed by atoms with E-state index in [0.29, 0.717) is 5.15 Å². The standard InChI is InChI=1S/C12H15ClN4O/c1-7-8(2)10-14-15-11(17(10)16-9(7)13)12(3)5-4-6-18-12/h4-6H2,1-3H3. The Bertz CT molecular complexity index is 616. The number of hydrogen-bond acceptors (Lipinski definition) is 4. The van der Waals surface area contributed by atoms with E-state index in [9.17, 15) is 0 Å². The smallest absolute Gasteiger partial charge is 0.186 e. The van der Waals surface area contributed by atoms with Crippen LogP contribution in [0.25, 0.3) is 5.65 Å². The second-order valence-corrected chi connectivity index (χ2v) is 5.34. The molecule has 18 heavy (non-hydrogen) atoms. The molecule has 3 rings (SSSR count). The average molecular weight is 267 g/mol. The zero-order valence-electron chi connectivity index (χ0n) is 10.7. The second kappa shape index (κ2) is 3.90. The van der Waals surface area contributed by atoms with Crippen LogP contribution in [0.5, 0.6) is 0 Å². The van der Waals surface area contributed by atoms with Crippen molar-refractivity contribution in [3.8, 4) is 0 Å². The molecular formula is C12H15ClN4O. The van der Waals surface area contributed by atoms with Crippen molar-refractivity contribution in [3.05, 3.63) is 22.1 Å². The lowest BCUT2D eigenvalue weighted by molar-refractivity contribution is 0.00770. The summed E-state index contributed by atoms with van der Waals surface area (Å²) in [6.45, 7) is 6.70. The van der Waals surface area contributed by atoms with Crippen LogP contribution in [0.2, 0.25) is 5.15 Å². The Labute approximate surface area is 110 Å². The highest BCUT2D eigenvalue weighted by atomic mass is 35.5. The van der Waals surface area contributed by atoms with Gasteiger partial charge in [0.25, 0.3) is 0 Å². The van der Waals surface area contributed by atoms with Gasteiger partial charge in [-0.25, -0.2) is 0 Å². The van der Waals surface area contributed by atoms with Gasteiger partial charge in [-0.05, 0) is 39.2 Å². The van der Waals surface area contributed by atoms with Crippen molar-refractivity contribution in [2.75, 3.05) is 6.61 Å². The summed E-state index contributed by atoms with van der Waals surface area (Å²) in [5, 5.41) is 13.3. The number of ether oxygens (including phenoxy) is 1. The van der Waals surface area contributed by atoms with Crippen molar-refractivity contribution in [3.63, 3.8) is 0 Å². The molecule has 0 aromatic carbocycles. The van der Waals surface area contributed by atoms with Gasteiger partial charge in [0.1, 0.15) is 5.60 Å². The summed E-state index contributed by atoms with van der Waals surface area (Å²) >= 11 is 6.15. The van der Waals surface area contributed by atoms with Gasteiger partial charge in [0.05, 0.1) is 0 Å². The lowest BCUT2D eigenvalue weighted by Crippen LogP contribution is -2.24. The molecular weight excluding hydrogens is 252 g/mol. The predicted octanol–water partition coefficient (Wildman–Crippen LogP) is 2.42. The van der Waals surface area contributed by atoms with E-state index in [2.05, 4.69) is 15.3 Å². The fraction of sp³-hybridized carbons (Fsp3) is 0.583. The Morgan fingerprint density at radius 3 is 2.72 bits per heavy atom. The minimum Gasteiger partial charge on any atom is -0.367 e. The zero-order valence-corrected chi connectivity index (χ0v) is 11.5. The number of aryl methyl sites for hydroxylation is 1. The van der Waals surface area contributed by atoms with Crippen LogP contribution < -0.4 is 0 Å². The highest BCUT2D eigenvalue weighted by Gasteiger charge is 2.37. The monoisotopic (exact) mass is 266 g/mol. The van der Waals surface area contributed by atoms with E-state index >= 15 is 0 Å². The van der Waals surface area contributed by atoms with Gasteiger partial charge in [-0.15, -0.1) is 10.2 Å². The first-order valence-electron chi connectivity index (χ1n) is 6.05. The van der Waals surface area contributed by atoms with E-state index in [1.54, 1.807) is 4.52 Å². The Morgan fingerprint density at radius 1 is 1.28 bits per heavy atom. The summed E-state index contributed by atoms with van der Waals surface area (Å²) in [4.78, 5) is 0. The number of halogens is 1. The van der Waals surface area contributed by atoms with Crippen LogP contribution in [0, 0.1) is 13.8 Å². The summed E-state index contributed by atoms with van der Waals surface area (Å²) in [5.74, 6) is 0.736. The fourth-order valence-corrected chi connectivity index (χ4v) is 2.60. The first kappa shape index (κ1) is 11.9. The van der Waals surface area contributed by atoms with Gasteiger partial charge in [0.2, 0.25) is 0 Å². The van der Waals surface area contributed by atoms with Gasteiger partial charge < -0.3 is 4.74 Å². The summed E-state index contributed by atoms with van der Waals surface area (Å²) in [5.41, 5.74) is 2.30. The molecule has 1 saturated heterocycles. The molecule has 3 heterocycles. The quantitative estimate of drug-likeness (QED) is 0.795. The molecule has 0 spiro atoms. The summed E-state index contributed by atoms with van der Waals surface area (Å²) < 4.78 is 7.51. The third-order valence-corrected chi connectivity index (χ3v) is 4.09. The zero-order chi connectivity index (χ0) is 12.9. The topological polar surface area (TPSA) is 52.3 Å². The number of rotatable bonds is 1. The minimum atomic E-state index is -0.405. The third kappa shape index (κ3) is 1.54. The molecule has 1 atom stereocenters. The van der Waals surface area contributed by atoms with E-state index in [4.69, 9.17) is 16.3 Å². The Morgan fingerprint density at radius 2 is 2.06 bits per heavy atom. The van der Waals surface area contributed by atoms with Crippen LogP contribution in [0.15, 0.2) is 0 Å². The van der Waals surface area contributed by atoms with Crippen molar-refractivity contribution in [2.45, 2.75) is 39.2 Å². The van der Waals surface area contributed by atoms with Gasteiger partial charge in [-0.2, -0.15) is 9.61 Å². The van der Waals surface area contributed by atoms with Crippen LogP contribution >= 0.6 is 11.6 Å². The number of hydrogen-bond donors (Lipinski definition) is 0. The lowest BCUT2D eigenvalue weighted by Gasteiger charge is -2.20. The SMILES string of the molecule is Cc1c(Cl)nn2c(C3(C)CCCO3)nnc2c1C. The largest absolute Gasteiger partial charge is 0.367 e. The van der Waals surface area contributed by atoms with Gasteiger partial charge in [0, 0.05) is 12.2 Å². The van der Waals surface area contributed by atoms with Crippen LogP contribution in [0.3, 0.4) is 0 Å². The van der Waals surface area contributed by atoms with E-state index in [1.165, 1.54) is 0 Å². The number of fused-ring (bicyclic) bond motifs is 1. The Balaban J connectivity index is 2.26. The molecule has 0 amide bonds. The van der Waals surface area contributed by atoms with Crippen LogP contribution in [0.4, 0.5) is 0 Å². The molecule has 1 unspecified atom stereocenters. The van der Waals surface area contributed by atoms with Crippen molar-refractivity contribution >= 4 is 17.2 Å². The minimum absolute atomic E-state index is 0.405. The van der Waals surface area contributed by atoms with Gasteiger partial charge in [0.15, 0.2) is 16.6 Å². The van der Waals surface area contributed by atoms with E-state index in [-0.39, 0.29) is 0 Å². The van der Waals surface area contributed by atoms with E-state index < -0.39 is 5.60 Å². The maximum absolute atomic E-state index is 6.15. The average Bonchev–Trinajstić information content (AvgIpc) is 2.93. The van der Waals surface area contributed by atoms with Crippen LogP contribution in [-0.4, -0.2) is 26.4 Å². The molecule has 2 aromatic heterocycles. The van der Waals surface area contributed by atoms with Gasteiger partial charge in [-0.1, -0.05) is 11.6 Å². The van der Waals surface area contributed by atoms with Crippen molar-refractivity contribution in [2.24, 2.45) is 0 Å². The molecule has 0 radical (unpaired) electrons. The fourth-order valence-electron chi connectivity index (χ4n) is 2.38. The van der Waals surface area contributed by atoms with Crippen LogP contribution in [0.1, 0.15) is 36.7 Å². The Kier molecular flexibility index (Phi) is 2.57.